The summed E-state index contributed by atoms with van der Waals surface area (Å²) in [6.45, 7) is 12.9. The van der Waals surface area contributed by atoms with E-state index in [2.05, 4.69) is 39.2 Å². The van der Waals surface area contributed by atoms with Crippen LogP contribution < -0.4 is 5.32 Å². The molecule has 1 N–H and O–H groups in total. The number of likely N-dealkylation sites (tertiary alicyclic amines) is 2. The molecule has 2 heterocycles. The second kappa shape index (κ2) is 11.0. The van der Waals surface area contributed by atoms with Gasteiger partial charge in [-0.3, -0.25) is 9.59 Å². The molecular formula is C26H41N3O4Si. The van der Waals surface area contributed by atoms with Gasteiger partial charge in [-0.15, -0.1) is 0 Å². The van der Waals surface area contributed by atoms with Gasteiger partial charge in [-0.1, -0.05) is 51.1 Å². The number of benzene rings is 1. The first-order valence-corrected chi connectivity index (χ1v) is 15.5. The van der Waals surface area contributed by atoms with E-state index in [1.54, 1.807) is 9.80 Å². The average Bonchev–Trinajstić information content (AvgIpc) is 3.47. The molecule has 2 atom stereocenters. The Kier molecular flexibility index (Phi) is 8.57. The summed E-state index contributed by atoms with van der Waals surface area (Å²) in [5, 5.41) is 3.04. The first kappa shape index (κ1) is 26.4. The minimum Gasteiger partial charge on any atom is -0.416 e. The van der Waals surface area contributed by atoms with Crippen LogP contribution in [0.2, 0.25) is 18.1 Å². The highest BCUT2D eigenvalue weighted by molar-refractivity contribution is 6.74. The summed E-state index contributed by atoms with van der Waals surface area (Å²) in [5.41, 5.74) is 1.02. The number of carbonyl (C=O) groups excluding carboxylic acids is 3. The van der Waals surface area contributed by atoms with E-state index in [1.165, 1.54) is 0 Å². The van der Waals surface area contributed by atoms with E-state index in [4.69, 9.17) is 4.43 Å². The number of hydrogen-bond donors (Lipinski definition) is 1. The Balaban J connectivity index is 1.55. The quantitative estimate of drug-likeness (QED) is 0.554. The molecule has 0 radical (unpaired) electrons. The summed E-state index contributed by atoms with van der Waals surface area (Å²) in [6.07, 6.45) is 3.27. The summed E-state index contributed by atoms with van der Waals surface area (Å²) in [5.74, 6) is -0.0174. The van der Waals surface area contributed by atoms with E-state index in [0.29, 0.717) is 45.5 Å². The third-order valence-corrected chi connectivity index (χ3v) is 12.1. The highest BCUT2D eigenvalue weighted by Gasteiger charge is 2.42. The van der Waals surface area contributed by atoms with Crippen molar-refractivity contribution in [3.05, 3.63) is 35.9 Å². The molecule has 188 valence electrons. The number of Topliss-reactive ketones (excluding diaryl/α,β-unsaturated/α-hetero) is 1. The van der Waals surface area contributed by atoms with E-state index in [9.17, 15) is 14.4 Å². The van der Waals surface area contributed by atoms with Gasteiger partial charge in [-0.2, -0.15) is 0 Å². The number of amides is 3. The van der Waals surface area contributed by atoms with Gasteiger partial charge < -0.3 is 19.5 Å². The molecule has 0 spiro atoms. The lowest BCUT2D eigenvalue weighted by molar-refractivity contribution is -0.140. The maximum Gasteiger partial charge on any atom is 0.318 e. The standard InChI is InChI=1S/C26H41N3O4Si/c1-26(2,3)34(4,5)33-18-15-23(30)21-13-9-16-28(21)24(31)22-14-10-17-29(22)25(32)27-19-20-11-7-6-8-12-20/h6-8,11-12,21-22H,9-10,13-19H2,1-5H3,(H,27,32)/t21-,22-/m0/s1. The molecule has 0 unspecified atom stereocenters. The summed E-state index contributed by atoms with van der Waals surface area (Å²) < 4.78 is 6.18. The predicted octanol–water partition coefficient (Wildman–Crippen LogP) is 4.33. The van der Waals surface area contributed by atoms with Gasteiger partial charge in [0.1, 0.15) is 6.04 Å². The van der Waals surface area contributed by atoms with Crippen LogP contribution in [0.1, 0.15) is 58.4 Å². The van der Waals surface area contributed by atoms with Crippen molar-refractivity contribution in [3.8, 4) is 0 Å². The SMILES string of the molecule is CC(C)(C)[Si](C)(C)OCCC(=O)[C@@H]1CCCN1C(=O)[C@@H]1CCCN1C(=O)NCc1ccccc1. The van der Waals surface area contributed by atoms with Crippen LogP contribution in [0.5, 0.6) is 0 Å². The maximum atomic E-state index is 13.4. The van der Waals surface area contributed by atoms with Gasteiger partial charge in [0, 0.05) is 32.7 Å². The Morgan fingerprint density at radius 1 is 1.00 bits per heavy atom. The van der Waals surface area contributed by atoms with Crippen LogP contribution in [0.4, 0.5) is 4.79 Å². The number of nitrogens with zero attached hydrogens (tertiary/aromatic N) is 2. The largest absolute Gasteiger partial charge is 0.416 e. The van der Waals surface area contributed by atoms with Crippen molar-refractivity contribution < 1.29 is 18.8 Å². The lowest BCUT2D eigenvalue weighted by Gasteiger charge is -2.36. The van der Waals surface area contributed by atoms with Gasteiger partial charge in [0.05, 0.1) is 6.04 Å². The number of hydrogen-bond acceptors (Lipinski definition) is 4. The highest BCUT2D eigenvalue weighted by atomic mass is 28.4. The Labute approximate surface area is 205 Å². The van der Waals surface area contributed by atoms with Crippen LogP contribution >= 0.6 is 0 Å². The molecule has 3 rings (SSSR count). The highest BCUT2D eigenvalue weighted by Crippen LogP contribution is 2.36. The van der Waals surface area contributed by atoms with Crippen molar-refractivity contribution in [2.75, 3.05) is 19.7 Å². The fourth-order valence-corrected chi connectivity index (χ4v) is 5.53. The molecule has 1 aromatic carbocycles. The molecular weight excluding hydrogens is 446 g/mol. The van der Waals surface area contributed by atoms with Crippen molar-refractivity contribution in [2.45, 2.75) is 89.6 Å². The number of nitrogens with one attached hydrogen (secondary N) is 1. The molecule has 0 aromatic heterocycles. The summed E-state index contributed by atoms with van der Waals surface area (Å²) in [4.78, 5) is 42.7. The first-order valence-electron chi connectivity index (χ1n) is 12.6. The molecule has 2 fully saturated rings. The Morgan fingerprint density at radius 3 is 2.26 bits per heavy atom. The van der Waals surface area contributed by atoms with Crippen molar-refractivity contribution >= 4 is 26.0 Å². The number of carbonyl (C=O) groups is 3. The van der Waals surface area contributed by atoms with Gasteiger partial charge in [0.2, 0.25) is 5.91 Å². The van der Waals surface area contributed by atoms with Crippen LogP contribution in [0.25, 0.3) is 0 Å². The zero-order chi connectivity index (χ0) is 24.9. The molecule has 8 heteroatoms. The van der Waals surface area contributed by atoms with Gasteiger partial charge in [0.25, 0.3) is 0 Å². The fourth-order valence-electron chi connectivity index (χ4n) is 4.49. The minimum absolute atomic E-state index is 0.0719. The number of ketones is 1. The predicted molar refractivity (Wildman–Crippen MR) is 136 cm³/mol. The smallest absolute Gasteiger partial charge is 0.318 e. The second-order valence-electron chi connectivity index (χ2n) is 11.0. The van der Waals surface area contributed by atoms with E-state index >= 15 is 0 Å². The van der Waals surface area contributed by atoms with Crippen LogP contribution in [0, 0.1) is 0 Å². The number of urea groups is 1. The maximum absolute atomic E-state index is 13.4. The van der Waals surface area contributed by atoms with Gasteiger partial charge in [-0.05, 0) is 49.4 Å². The van der Waals surface area contributed by atoms with E-state index in [1.807, 2.05) is 30.3 Å². The second-order valence-corrected chi connectivity index (χ2v) is 15.8. The fraction of sp³-hybridized carbons (Fsp3) is 0.654. The zero-order valence-electron chi connectivity index (χ0n) is 21.4. The zero-order valence-corrected chi connectivity index (χ0v) is 22.4. The molecule has 1 aromatic rings. The first-order chi connectivity index (χ1) is 16.0. The normalized spacial score (nSPS) is 21.1. The Morgan fingerprint density at radius 2 is 1.62 bits per heavy atom. The van der Waals surface area contributed by atoms with Crippen LogP contribution in [-0.4, -0.2) is 67.6 Å². The summed E-state index contributed by atoms with van der Waals surface area (Å²) in [6, 6.07) is 8.62. The van der Waals surface area contributed by atoms with Crippen molar-refractivity contribution in [1.82, 2.24) is 15.1 Å². The summed E-state index contributed by atoms with van der Waals surface area (Å²) >= 11 is 0. The van der Waals surface area contributed by atoms with Gasteiger partial charge in [-0.25, -0.2) is 4.79 Å². The third-order valence-electron chi connectivity index (χ3n) is 7.61. The van der Waals surface area contributed by atoms with Gasteiger partial charge >= 0.3 is 6.03 Å². The molecule has 7 nitrogen and oxygen atoms in total. The average molecular weight is 488 g/mol. The topological polar surface area (TPSA) is 79.0 Å². The monoisotopic (exact) mass is 487 g/mol. The van der Waals surface area contributed by atoms with Crippen molar-refractivity contribution in [3.63, 3.8) is 0 Å². The van der Waals surface area contributed by atoms with Crippen LogP contribution in [-0.2, 0) is 20.6 Å². The molecule has 0 aliphatic carbocycles. The van der Waals surface area contributed by atoms with Crippen molar-refractivity contribution in [2.24, 2.45) is 0 Å². The van der Waals surface area contributed by atoms with E-state index < -0.39 is 20.4 Å². The molecule has 34 heavy (non-hydrogen) atoms. The third kappa shape index (κ3) is 6.27. The summed E-state index contributed by atoms with van der Waals surface area (Å²) in [7, 11) is -1.91. The number of rotatable bonds is 8. The lowest BCUT2D eigenvalue weighted by Crippen LogP contribution is -2.53. The van der Waals surface area contributed by atoms with Crippen LogP contribution in [0.15, 0.2) is 30.3 Å². The molecule has 2 aliphatic heterocycles. The molecule has 2 saturated heterocycles. The molecule has 2 aliphatic rings. The van der Waals surface area contributed by atoms with E-state index in [0.717, 1.165) is 18.4 Å². The minimum atomic E-state index is -1.91. The Hall–Kier alpha value is -2.19. The van der Waals surface area contributed by atoms with Crippen LogP contribution in [0.3, 0.4) is 0 Å². The molecule has 3 amide bonds. The van der Waals surface area contributed by atoms with E-state index in [-0.39, 0.29) is 22.8 Å². The van der Waals surface area contributed by atoms with Gasteiger partial charge in [0.15, 0.2) is 14.1 Å². The molecule has 0 saturated carbocycles. The Bertz CT molecular complexity index is 869. The molecule has 0 bridgehead atoms. The lowest BCUT2D eigenvalue weighted by atomic mass is 10.1. The van der Waals surface area contributed by atoms with Crippen molar-refractivity contribution in [1.29, 1.82) is 0 Å².